The summed E-state index contributed by atoms with van der Waals surface area (Å²) >= 11 is 12.5. The highest BCUT2D eigenvalue weighted by Crippen LogP contribution is 2.28. The highest BCUT2D eigenvalue weighted by molar-refractivity contribution is 6.34. The molecule has 6 nitrogen and oxygen atoms in total. The van der Waals surface area contributed by atoms with Gasteiger partial charge >= 0.3 is 0 Å². The molecule has 1 heterocycles. The number of ether oxygens (including phenoxy) is 2. The number of halogens is 2. The number of aromatic nitrogens is 1. The van der Waals surface area contributed by atoms with E-state index in [4.69, 9.17) is 32.7 Å². The highest BCUT2D eigenvalue weighted by Gasteiger charge is 2.14. The number of amides is 1. The molecule has 0 aliphatic heterocycles. The Labute approximate surface area is 185 Å². The van der Waals surface area contributed by atoms with Crippen LogP contribution >= 0.6 is 23.2 Å². The highest BCUT2D eigenvalue weighted by atomic mass is 35.5. The van der Waals surface area contributed by atoms with E-state index < -0.39 is 5.91 Å². The molecule has 1 N–H and O–H groups in total. The Kier molecular flexibility index (Phi) is 6.70. The summed E-state index contributed by atoms with van der Waals surface area (Å²) in [6.45, 7) is 3.91. The largest absolute Gasteiger partial charge is 0.497 e. The molecule has 0 unspecified atom stereocenters. The molecule has 0 atom stereocenters. The topological polar surface area (TPSA) is 64.8 Å². The molecule has 1 aromatic heterocycles. The SMILES string of the molecule is COc1ccc(C(=O)N/N=C\c2cc(C)n(-c3cc(Cl)ccc3Cl)c2C)c(OC)c1. The third-order valence-electron chi connectivity index (χ3n) is 4.64. The molecule has 0 bridgehead atoms. The van der Waals surface area contributed by atoms with Gasteiger partial charge in [-0.05, 0) is 50.2 Å². The monoisotopic (exact) mass is 445 g/mol. The normalized spacial score (nSPS) is 11.0. The van der Waals surface area contributed by atoms with E-state index in [-0.39, 0.29) is 0 Å². The van der Waals surface area contributed by atoms with Gasteiger partial charge in [-0.15, -0.1) is 0 Å². The minimum Gasteiger partial charge on any atom is -0.497 e. The average molecular weight is 446 g/mol. The third-order valence-corrected chi connectivity index (χ3v) is 5.20. The van der Waals surface area contributed by atoms with Gasteiger partial charge in [0.15, 0.2) is 0 Å². The molecule has 2 aromatic carbocycles. The summed E-state index contributed by atoms with van der Waals surface area (Å²) in [5.41, 5.74) is 6.38. The molecule has 0 aliphatic rings. The number of rotatable bonds is 6. The van der Waals surface area contributed by atoms with E-state index in [0.717, 1.165) is 22.6 Å². The van der Waals surface area contributed by atoms with Crippen LogP contribution in [0.1, 0.15) is 27.3 Å². The summed E-state index contributed by atoms with van der Waals surface area (Å²) < 4.78 is 12.4. The third kappa shape index (κ3) is 4.45. The summed E-state index contributed by atoms with van der Waals surface area (Å²) in [6, 6.07) is 12.2. The summed E-state index contributed by atoms with van der Waals surface area (Å²) in [6.07, 6.45) is 1.59. The summed E-state index contributed by atoms with van der Waals surface area (Å²) in [5.74, 6) is 0.604. The van der Waals surface area contributed by atoms with Crippen molar-refractivity contribution in [2.45, 2.75) is 13.8 Å². The zero-order valence-corrected chi connectivity index (χ0v) is 18.5. The number of methoxy groups -OCH3 is 2. The molecule has 156 valence electrons. The van der Waals surface area contributed by atoms with Crippen molar-refractivity contribution in [1.29, 1.82) is 0 Å². The summed E-state index contributed by atoms with van der Waals surface area (Å²) in [4.78, 5) is 12.5. The molecular weight excluding hydrogens is 425 g/mol. The maximum atomic E-state index is 12.5. The molecule has 8 heteroatoms. The van der Waals surface area contributed by atoms with Crippen LogP contribution < -0.4 is 14.9 Å². The predicted octanol–water partition coefficient (Wildman–Crippen LogP) is 5.18. The summed E-state index contributed by atoms with van der Waals surface area (Å²) in [5, 5.41) is 5.28. The van der Waals surface area contributed by atoms with Crippen molar-refractivity contribution >= 4 is 35.3 Å². The van der Waals surface area contributed by atoms with Crippen LogP contribution in [0.5, 0.6) is 11.5 Å². The van der Waals surface area contributed by atoms with E-state index >= 15 is 0 Å². The van der Waals surface area contributed by atoms with Gasteiger partial charge in [0.2, 0.25) is 0 Å². The number of nitrogens with one attached hydrogen (secondary N) is 1. The molecule has 0 saturated heterocycles. The Hall–Kier alpha value is -2.96. The average Bonchev–Trinajstić information content (AvgIpc) is 3.02. The second kappa shape index (κ2) is 9.24. The lowest BCUT2D eigenvalue weighted by Gasteiger charge is -2.12. The maximum absolute atomic E-state index is 12.5. The molecule has 0 saturated carbocycles. The van der Waals surface area contributed by atoms with Crippen LogP contribution in [0, 0.1) is 13.8 Å². The molecule has 3 aromatic rings. The van der Waals surface area contributed by atoms with Crippen molar-refractivity contribution in [1.82, 2.24) is 9.99 Å². The van der Waals surface area contributed by atoms with Crippen molar-refractivity contribution in [3.63, 3.8) is 0 Å². The van der Waals surface area contributed by atoms with Gasteiger partial charge in [0.1, 0.15) is 11.5 Å². The van der Waals surface area contributed by atoms with Crippen molar-refractivity contribution in [3.05, 3.63) is 75.0 Å². The molecule has 30 heavy (non-hydrogen) atoms. The first-order valence-electron chi connectivity index (χ1n) is 9.05. The number of benzene rings is 2. The first kappa shape index (κ1) is 21.7. The molecule has 0 fully saturated rings. The van der Waals surface area contributed by atoms with Gasteiger partial charge in [-0.1, -0.05) is 23.2 Å². The van der Waals surface area contributed by atoms with Crippen LogP contribution in [0.25, 0.3) is 5.69 Å². The van der Waals surface area contributed by atoms with E-state index in [2.05, 4.69) is 10.5 Å². The van der Waals surface area contributed by atoms with Crippen LogP contribution in [0.2, 0.25) is 10.0 Å². The Bertz CT molecular complexity index is 1120. The fourth-order valence-electron chi connectivity index (χ4n) is 3.15. The van der Waals surface area contributed by atoms with Crippen LogP contribution in [-0.2, 0) is 0 Å². The first-order chi connectivity index (χ1) is 14.3. The lowest BCUT2D eigenvalue weighted by atomic mass is 10.2. The van der Waals surface area contributed by atoms with Crippen molar-refractivity contribution in [3.8, 4) is 17.2 Å². The van der Waals surface area contributed by atoms with Crippen LogP contribution in [0.15, 0.2) is 47.6 Å². The van der Waals surface area contributed by atoms with Crippen molar-refractivity contribution < 1.29 is 14.3 Å². The number of aryl methyl sites for hydroxylation is 1. The second-order valence-electron chi connectivity index (χ2n) is 6.52. The molecule has 3 rings (SSSR count). The van der Waals surface area contributed by atoms with Gasteiger partial charge < -0.3 is 14.0 Å². The zero-order valence-electron chi connectivity index (χ0n) is 17.0. The number of carbonyl (C=O) groups is 1. The Morgan fingerprint density at radius 2 is 1.83 bits per heavy atom. The first-order valence-corrected chi connectivity index (χ1v) is 9.81. The minimum absolute atomic E-state index is 0.353. The van der Waals surface area contributed by atoms with E-state index in [9.17, 15) is 4.79 Å². The number of carbonyl (C=O) groups excluding carboxylic acids is 1. The minimum atomic E-state index is -0.391. The van der Waals surface area contributed by atoms with Gasteiger partial charge in [-0.3, -0.25) is 4.79 Å². The van der Waals surface area contributed by atoms with Crippen molar-refractivity contribution in [2.75, 3.05) is 14.2 Å². The van der Waals surface area contributed by atoms with Gasteiger partial charge in [-0.2, -0.15) is 5.10 Å². The van der Waals surface area contributed by atoms with E-state index in [1.54, 1.807) is 43.7 Å². The lowest BCUT2D eigenvalue weighted by molar-refractivity contribution is 0.0952. The number of hydrogen-bond acceptors (Lipinski definition) is 4. The van der Waals surface area contributed by atoms with Gasteiger partial charge in [0.25, 0.3) is 5.91 Å². The molecule has 1 amide bonds. The molecular formula is C22H21Cl2N3O3. The lowest BCUT2D eigenvalue weighted by Crippen LogP contribution is -2.18. The van der Waals surface area contributed by atoms with Crippen LogP contribution in [0.4, 0.5) is 0 Å². The van der Waals surface area contributed by atoms with Crippen LogP contribution in [-0.4, -0.2) is 30.9 Å². The standard InChI is InChI=1S/C22H21Cl2N3O3/c1-13-9-15(14(2)27(13)20-10-16(23)5-8-19(20)24)12-25-26-22(28)18-7-6-17(29-3)11-21(18)30-4/h5-12H,1-4H3,(H,26,28)/b25-12-. The van der Waals surface area contributed by atoms with Gasteiger partial charge in [0, 0.05) is 28.0 Å². The zero-order chi connectivity index (χ0) is 21.8. The number of hydrogen-bond donors (Lipinski definition) is 1. The fourth-order valence-corrected chi connectivity index (χ4v) is 3.52. The summed E-state index contributed by atoms with van der Waals surface area (Å²) in [7, 11) is 3.04. The van der Waals surface area contributed by atoms with Gasteiger partial charge in [-0.25, -0.2) is 5.43 Å². The van der Waals surface area contributed by atoms with Crippen LogP contribution in [0.3, 0.4) is 0 Å². The maximum Gasteiger partial charge on any atom is 0.275 e. The van der Waals surface area contributed by atoms with E-state index in [1.807, 2.05) is 30.5 Å². The Morgan fingerprint density at radius 1 is 1.07 bits per heavy atom. The number of nitrogens with zero attached hydrogens (tertiary/aromatic N) is 2. The molecule has 0 radical (unpaired) electrons. The van der Waals surface area contributed by atoms with E-state index in [0.29, 0.717) is 27.1 Å². The van der Waals surface area contributed by atoms with Gasteiger partial charge in [0.05, 0.1) is 36.7 Å². The number of hydrazone groups is 1. The smallest absolute Gasteiger partial charge is 0.275 e. The quantitative estimate of drug-likeness (QED) is 0.419. The molecule has 0 spiro atoms. The molecule has 0 aliphatic carbocycles. The second-order valence-corrected chi connectivity index (χ2v) is 7.37. The predicted molar refractivity (Wildman–Crippen MR) is 120 cm³/mol. The Morgan fingerprint density at radius 3 is 2.53 bits per heavy atom. The van der Waals surface area contributed by atoms with E-state index in [1.165, 1.54) is 7.11 Å². The van der Waals surface area contributed by atoms with Crippen molar-refractivity contribution in [2.24, 2.45) is 5.10 Å². The fraction of sp³-hybridized carbons (Fsp3) is 0.182. The Balaban J connectivity index is 1.83.